The number of rotatable bonds is 7. The Morgan fingerprint density at radius 2 is 2.13 bits per heavy atom. The van der Waals surface area contributed by atoms with E-state index in [1.807, 2.05) is 26.1 Å². The van der Waals surface area contributed by atoms with Crippen LogP contribution in [-0.2, 0) is 6.54 Å². The van der Waals surface area contributed by atoms with Crippen LogP contribution in [0.25, 0.3) is 0 Å². The predicted molar refractivity (Wildman–Crippen MR) is 62.9 cm³/mol. The Morgan fingerprint density at radius 1 is 1.33 bits per heavy atom. The maximum atomic E-state index is 5.48. The van der Waals surface area contributed by atoms with Gasteiger partial charge in [-0.2, -0.15) is 0 Å². The lowest BCUT2D eigenvalue weighted by Crippen LogP contribution is -2.29. The van der Waals surface area contributed by atoms with Gasteiger partial charge in [0, 0.05) is 0 Å². The quantitative estimate of drug-likeness (QED) is 0.722. The third kappa shape index (κ3) is 4.49. The second-order valence-corrected chi connectivity index (χ2v) is 3.98. The highest BCUT2D eigenvalue weighted by Crippen LogP contribution is 2.06. The average molecular weight is 210 g/mol. The molecule has 0 amide bonds. The van der Waals surface area contributed by atoms with E-state index in [1.54, 1.807) is 0 Å². The van der Waals surface area contributed by atoms with Crippen LogP contribution in [0.5, 0.6) is 0 Å². The molecular weight excluding hydrogens is 188 g/mol. The van der Waals surface area contributed by atoms with Crippen LogP contribution in [0.4, 0.5) is 0 Å². The van der Waals surface area contributed by atoms with Crippen molar-refractivity contribution in [2.75, 3.05) is 20.1 Å². The normalized spacial score (nSPS) is 13.0. The van der Waals surface area contributed by atoms with Crippen molar-refractivity contribution >= 4 is 0 Å². The number of furan rings is 1. The maximum absolute atomic E-state index is 5.48. The Hall–Kier alpha value is -0.800. The van der Waals surface area contributed by atoms with Crippen LogP contribution in [0.2, 0.25) is 0 Å². The summed E-state index contributed by atoms with van der Waals surface area (Å²) in [7, 11) is 2.00. The van der Waals surface area contributed by atoms with Gasteiger partial charge in [0.25, 0.3) is 0 Å². The first-order valence-electron chi connectivity index (χ1n) is 5.66. The van der Waals surface area contributed by atoms with E-state index in [0.717, 1.165) is 31.2 Å². The summed E-state index contributed by atoms with van der Waals surface area (Å²) >= 11 is 0. The summed E-state index contributed by atoms with van der Waals surface area (Å²) in [5, 5.41) is 6.63. The molecule has 1 unspecified atom stereocenters. The molecule has 1 aromatic rings. The van der Waals surface area contributed by atoms with Gasteiger partial charge in [-0.15, -0.1) is 0 Å². The van der Waals surface area contributed by atoms with Gasteiger partial charge in [0.1, 0.15) is 11.5 Å². The van der Waals surface area contributed by atoms with E-state index >= 15 is 0 Å². The summed E-state index contributed by atoms with van der Waals surface area (Å²) in [6.45, 7) is 7.13. The minimum atomic E-state index is 0.700. The molecule has 1 aromatic heterocycles. The minimum absolute atomic E-state index is 0.700. The zero-order valence-corrected chi connectivity index (χ0v) is 9.97. The van der Waals surface area contributed by atoms with Crippen LogP contribution in [0.1, 0.15) is 24.9 Å². The predicted octanol–water partition coefficient (Wildman–Crippen LogP) is 1.92. The molecule has 0 aliphatic carbocycles. The van der Waals surface area contributed by atoms with Gasteiger partial charge in [0.2, 0.25) is 0 Å². The number of hydrogen-bond donors (Lipinski definition) is 2. The summed E-state index contributed by atoms with van der Waals surface area (Å²) in [6, 6.07) is 4.03. The Bertz CT molecular complexity index is 270. The first kappa shape index (κ1) is 12.3. The van der Waals surface area contributed by atoms with Gasteiger partial charge in [-0.05, 0) is 45.1 Å². The fourth-order valence-electron chi connectivity index (χ4n) is 1.63. The van der Waals surface area contributed by atoms with Crippen molar-refractivity contribution in [1.82, 2.24) is 10.6 Å². The standard InChI is InChI=1S/C12H22N2O/c1-4-11(7-13-3)8-14-9-12-6-5-10(2)15-12/h5-6,11,13-14H,4,7-9H2,1-3H3. The van der Waals surface area contributed by atoms with Gasteiger partial charge in [0.05, 0.1) is 6.54 Å². The van der Waals surface area contributed by atoms with Gasteiger partial charge in [0.15, 0.2) is 0 Å². The molecule has 1 heterocycles. The number of aryl methyl sites for hydroxylation is 1. The second kappa shape index (κ2) is 6.64. The summed E-state index contributed by atoms with van der Waals surface area (Å²) in [4.78, 5) is 0. The van der Waals surface area contributed by atoms with Crippen LogP contribution in [0, 0.1) is 12.8 Å². The Morgan fingerprint density at radius 3 is 2.67 bits per heavy atom. The molecule has 0 spiro atoms. The van der Waals surface area contributed by atoms with Crippen molar-refractivity contribution < 1.29 is 4.42 Å². The van der Waals surface area contributed by atoms with E-state index in [1.165, 1.54) is 6.42 Å². The molecular formula is C12H22N2O. The fraction of sp³-hybridized carbons (Fsp3) is 0.667. The molecule has 0 aliphatic heterocycles. The van der Waals surface area contributed by atoms with Gasteiger partial charge in [-0.25, -0.2) is 0 Å². The SMILES string of the molecule is CCC(CNC)CNCc1ccc(C)o1. The van der Waals surface area contributed by atoms with Crippen LogP contribution < -0.4 is 10.6 Å². The van der Waals surface area contributed by atoms with E-state index in [2.05, 4.69) is 17.6 Å². The van der Waals surface area contributed by atoms with Gasteiger partial charge < -0.3 is 15.1 Å². The molecule has 0 radical (unpaired) electrons. The fourth-order valence-corrected chi connectivity index (χ4v) is 1.63. The summed E-state index contributed by atoms with van der Waals surface area (Å²) in [5.74, 6) is 2.70. The number of nitrogens with one attached hydrogen (secondary N) is 2. The Balaban J connectivity index is 2.20. The molecule has 0 bridgehead atoms. The molecule has 3 nitrogen and oxygen atoms in total. The van der Waals surface area contributed by atoms with Crippen molar-refractivity contribution in [3.8, 4) is 0 Å². The highest BCUT2D eigenvalue weighted by Gasteiger charge is 2.04. The first-order chi connectivity index (χ1) is 7.26. The molecule has 15 heavy (non-hydrogen) atoms. The molecule has 86 valence electrons. The molecule has 3 heteroatoms. The highest BCUT2D eigenvalue weighted by molar-refractivity contribution is 5.05. The topological polar surface area (TPSA) is 37.2 Å². The zero-order chi connectivity index (χ0) is 11.1. The van der Waals surface area contributed by atoms with Crippen LogP contribution in [0.3, 0.4) is 0 Å². The van der Waals surface area contributed by atoms with Gasteiger partial charge in [-0.3, -0.25) is 0 Å². The smallest absolute Gasteiger partial charge is 0.117 e. The van der Waals surface area contributed by atoms with Crippen molar-refractivity contribution in [3.05, 3.63) is 23.7 Å². The number of hydrogen-bond acceptors (Lipinski definition) is 3. The average Bonchev–Trinajstić information content (AvgIpc) is 2.63. The zero-order valence-electron chi connectivity index (χ0n) is 9.97. The molecule has 0 saturated carbocycles. The molecule has 1 atom stereocenters. The largest absolute Gasteiger partial charge is 0.465 e. The lowest BCUT2D eigenvalue weighted by molar-refractivity contribution is 0.414. The maximum Gasteiger partial charge on any atom is 0.117 e. The summed E-state index contributed by atoms with van der Waals surface area (Å²) in [5.41, 5.74) is 0. The first-order valence-corrected chi connectivity index (χ1v) is 5.66. The monoisotopic (exact) mass is 210 g/mol. The third-order valence-electron chi connectivity index (χ3n) is 2.60. The third-order valence-corrected chi connectivity index (χ3v) is 2.60. The van der Waals surface area contributed by atoms with E-state index in [4.69, 9.17) is 4.42 Å². The van der Waals surface area contributed by atoms with E-state index in [0.29, 0.717) is 5.92 Å². The highest BCUT2D eigenvalue weighted by atomic mass is 16.3. The Kier molecular flexibility index (Phi) is 5.43. The molecule has 1 rings (SSSR count). The molecule has 2 N–H and O–H groups in total. The Labute approximate surface area is 92.2 Å². The van der Waals surface area contributed by atoms with E-state index < -0.39 is 0 Å². The lowest BCUT2D eigenvalue weighted by atomic mass is 10.1. The molecule has 0 fully saturated rings. The van der Waals surface area contributed by atoms with Crippen molar-refractivity contribution in [1.29, 1.82) is 0 Å². The van der Waals surface area contributed by atoms with Crippen LogP contribution >= 0.6 is 0 Å². The van der Waals surface area contributed by atoms with Crippen LogP contribution in [-0.4, -0.2) is 20.1 Å². The second-order valence-electron chi connectivity index (χ2n) is 3.98. The molecule has 0 aliphatic rings. The molecule has 0 saturated heterocycles. The van der Waals surface area contributed by atoms with Crippen LogP contribution in [0.15, 0.2) is 16.5 Å². The summed E-state index contributed by atoms with van der Waals surface area (Å²) in [6.07, 6.45) is 1.20. The van der Waals surface area contributed by atoms with Gasteiger partial charge >= 0.3 is 0 Å². The van der Waals surface area contributed by atoms with Gasteiger partial charge in [-0.1, -0.05) is 13.3 Å². The van der Waals surface area contributed by atoms with Crippen molar-refractivity contribution in [2.45, 2.75) is 26.8 Å². The van der Waals surface area contributed by atoms with Crippen molar-refractivity contribution in [3.63, 3.8) is 0 Å². The van der Waals surface area contributed by atoms with E-state index in [-0.39, 0.29) is 0 Å². The minimum Gasteiger partial charge on any atom is -0.465 e. The molecule has 0 aromatic carbocycles. The van der Waals surface area contributed by atoms with Crippen molar-refractivity contribution in [2.24, 2.45) is 5.92 Å². The summed E-state index contributed by atoms with van der Waals surface area (Å²) < 4.78 is 5.48. The lowest BCUT2D eigenvalue weighted by Gasteiger charge is -2.14. The van der Waals surface area contributed by atoms with E-state index in [9.17, 15) is 0 Å².